The lowest BCUT2D eigenvalue weighted by Crippen LogP contribution is -2.12. The van der Waals surface area contributed by atoms with Gasteiger partial charge in [0.25, 0.3) is 0 Å². The quantitative estimate of drug-likeness (QED) is 0.588. The molecule has 0 bridgehead atoms. The van der Waals surface area contributed by atoms with Gasteiger partial charge in [-0.3, -0.25) is 10.00 Å². The minimum absolute atomic E-state index is 0.117. The second-order valence-corrected chi connectivity index (χ2v) is 6.96. The standard InChI is InChI=1S/C19H19N5O/c1-19(2,3)16-11-18(23-25-16)24(17-6-4-5-9-20-17)14-8-7-13-12-21-22-15(13)10-14/h4-12H,1-3H3,(H,21,22). The van der Waals surface area contributed by atoms with Crippen molar-refractivity contribution in [1.82, 2.24) is 20.3 Å². The molecule has 126 valence electrons. The van der Waals surface area contributed by atoms with Crippen molar-refractivity contribution in [3.63, 3.8) is 0 Å². The second kappa shape index (κ2) is 5.73. The second-order valence-electron chi connectivity index (χ2n) is 6.96. The molecular formula is C19H19N5O. The summed E-state index contributed by atoms with van der Waals surface area (Å²) in [5, 5.41) is 12.4. The van der Waals surface area contributed by atoms with Gasteiger partial charge in [0.15, 0.2) is 5.82 Å². The van der Waals surface area contributed by atoms with Crippen molar-refractivity contribution in [1.29, 1.82) is 0 Å². The van der Waals surface area contributed by atoms with E-state index < -0.39 is 0 Å². The minimum atomic E-state index is -0.117. The Morgan fingerprint density at radius 3 is 2.64 bits per heavy atom. The number of rotatable bonds is 3. The van der Waals surface area contributed by atoms with E-state index in [9.17, 15) is 0 Å². The largest absolute Gasteiger partial charge is 0.359 e. The predicted octanol–water partition coefficient (Wildman–Crippen LogP) is 4.71. The van der Waals surface area contributed by atoms with Crippen LogP contribution in [0.4, 0.5) is 17.3 Å². The fourth-order valence-corrected chi connectivity index (χ4v) is 2.66. The van der Waals surface area contributed by atoms with E-state index in [0.29, 0.717) is 5.82 Å². The van der Waals surface area contributed by atoms with Gasteiger partial charge in [-0.05, 0) is 30.3 Å². The normalized spacial score (nSPS) is 11.8. The average molecular weight is 333 g/mol. The highest BCUT2D eigenvalue weighted by Crippen LogP contribution is 2.35. The number of anilines is 3. The number of pyridine rings is 1. The first kappa shape index (κ1) is 15.4. The van der Waals surface area contributed by atoms with Crippen LogP contribution in [0.5, 0.6) is 0 Å². The Balaban J connectivity index is 1.86. The van der Waals surface area contributed by atoms with E-state index in [1.165, 1.54) is 0 Å². The fraction of sp³-hybridized carbons (Fsp3) is 0.211. The highest BCUT2D eigenvalue weighted by molar-refractivity contribution is 5.85. The van der Waals surface area contributed by atoms with Crippen LogP contribution in [-0.2, 0) is 5.41 Å². The zero-order valence-corrected chi connectivity index (χ0v) is 14.4. The molecule has 0 atom stereocenters. The molecule has 0 radical (unpaired) electrons. The number of aromatic nitrogens is 4. The highest BCUT2D eigenvalue weighted by atomic mass is 16.5. The molecule has 0 saturated heterocycles. The predicted molar refractivity (Wildman–Crippen MR) is 97.3 cm³/mol. The third kappa shape index (κ3) is 2.87. The molecule has 0 fully saturated rings. The van der Waals surface area contributed by atoms with Crippen molar-refractivity contribution < 1.29 is 4.52 Å². The Labute approximate surface area is 145 Å². The molecule has 3 heterocycles. The first-order chi connectivity index (χ1) is 12.0. The molecule has 25 heavy (non-hydrogen) atoms. The zero-order chi connectivity index (χ0) is 17.4. The van der Waals surface area contributed by atoms with E-state index in [0.717, 1.165) is 28.2 Å². The number of hydrogen-bond donors (Lipinski definition) is 1. The van der Waals surface area contributed by atoms with Crippen LogP contribution in [0.3, 0.4) is 0 Å². The number of H-pyrrole nitrogens is 1. The van der Waals surface area contributed by atoms with Gasteiger partial charge in [0.2, 0.25) is 0 Å². The summed E-state index contributed by atoms with van der Waals surface area (Å²) in [4.78, 5) is 6.46. The fourth-order valence-electron chi connectivity index (χ4n) is 2.66. The number of hydrogen-bond acceptors (Lipinski definition) is 5. The molecule has 0 aliphatic carbocycles. The molecule has 6 nitrogen and oxygen atoms in total. The van der Waals surface area contributed by atoms with Crippen molar-refractivity contribution in [3.05, 3.63) is 60.6 Å². The summed E-state index contributed by atoms with van der Waals surface area (Å²) in [7, 11) is 0. The molecule has 0 aliphatic rings. The molecule has 0 spiro atoms. The van der Waals surface area contributed by atoms with E-state index in [-0.39, 0.29) is 5.41 Å². The maximum Gasteiger partial charge on any atom is 0.182 e. The highest BCUT2D eigenvalue weighted by Gasteiger charge is 2.24. The van der Waals surface area contributed by atoms with Crippen molar-refractivity contribution in [2.45, 2.75) is 26.2 Å². The van der Waals surface area contributed by atoms with Gasteiger partial charge < -0.3 is 4.52 Å². The van der Waals surface area contributed by atoms with Crippen molar-refractivity contribution >= 4 is 28.2 Å². The average Bonchev–Trinajstić information content (AvgIpc) is 3.24. The Morgan fingerprint density at radius 1 is 1.04 bits per heavy atom. The van der Waals surface area contributed by atoms with E-state index >= 15 is 0 Å². The van der Waals surface area contributed by atoms with Gasteiger partial charge in [-0.2, -0.15) is 5.10 Å². The molecule has 3 aromatic heterocycles. The molecule has 0 unspecified atom stereocenters. The number of aromatic amines is 1. The lowest BCUT2D eigenvalue weighted by molar-refractivity contribution is 0.330. The number of benzene rings is 1. The molecule has 4 aromatic rings. The monoisotopic (exact) mass is 333 g/mol. The van der Waals surface area contributed by atoms with Gasteiger partial charge in [-0.25, -0.2) is 4.98 Å². The first-order valence-electron chi connectivity index (χ1n) is 8.14. The molecule has 1 aromatic carbocycles. The molecule has 6 heteroatoms. The summed E-state index contributed by atoms with van der Waals surface area (Å²) >= 11 is 0. The topological polar surface area (TPSA) is 70.8 Å². The zero-order valence-electron chi connectivity index (χ0n) is 14.4. The van der Waals surface area contributed by atoms with Crippen LogP contribution < -0.4 is 4.90 Å². The number of nitrogens with zero attached hydrogens (tertiary/aromatic N) is 4. The molecule has 0 saturated carbocycles. The van der Waals surface area contributed by atoms with E-state index in [1.54, 1.807) is 12.4 Å². The van der Waals surface area contributed by atoms with E-state index in [4.69, 9.17) is 4.52 Å². The van der Waals surface area contributed by atoms with Gasteiger partial charge >= 0.3 is 0 Å². The first-order valence-corrected chi connectivity index (χ1v) is 8.14. The van der Waals surface area contributed by atoms with Crippen molar-refractivity contribution in [3.8, 4) is 0 Å². The Bertz CT molecular complexity index is 997. The lowest BCUT2D eigenvalue weighted by Gasteiger charge is -2.21. The maximum absolute atomic E-state index is 5.59. The van der Waals surface area contributed by atoms with Crippen LogP contribution in [0.25, 0.3) is 10.9 Å². The summed E-state index contributed by atoms with van der Waals surface area (Å²) in [6.07, 6.45) is 3.57. The van der Waals surface area contributed by atoms with Crippen LogP contribution in [0.2, 0.25) is 0 Å². The van der Waals surface area contributed by atoms with Gasteiger partial charge in [0.1, 0.15) is 11.6 Å². The summed E-state index contributed by atoms with van der Waals surface area (Å²) in [5.41, 5.74) is 1.77. The molecule has 0 amide bonds. The third-order valence-electron chi connectivity index (χ3n) is 4.03. The molecular weight excluding hydrogens is 314 g/mol. The van der Waals surface area contributed by atoms with Gasteiger partial charge in [0.05, 0.1) is 17.4 Å². The van der Waals surface area contributed by atoms with Crippen LogP contribution in [0.15, 0.2) is 59.4 Å². The van der Waals surface area contributed by atoms with E-state index in [1.807, 2.05) is 47.4 Å². The van der Waals surface area contributed by atoms with Gasteiger partial charge in [-0.15, -0.1) is 0 Å². The Kier molecular flexibility index (Phi) is 3.53. The maximum atomic E-state index is 5.59. The molecule has 4 rings (SSSR count). The van der Waals surface area contributed by atoms with Crippen LogP contribution in [-0.4, -0.2) is 20.3 Å². The van der Waals surface area contributed by atoms with Crippen LogP contribution >= 0.6 is 0 Å². The summed E-state index contributed by atoms with van der Waals surface area (Å²) in [6, 6.07) is 13.8. The third-order valence-corrected chi connectivity index (χ3v) is 4.03. The van der Waals surface area contributed by atoms with Crippen LogP contribution in [0.1, 0.15) is 26.5 Å². The molecule has 1 N–H and O–H groups in total. The summed E-state index contributed by atoms with van der Waals surface area (Å²) in [6.45, 7) is 6.29. The Morgan fingerprint density at radius 2 is 1.92 bits per heavy atom. The summed E-state index contributed by atoms with van der Waals surface area (Å²) in [5.74, 6) is 2.30. The molecule has 0 aliphatic heterocycles. The van der Waals surface area contributed by atoms with E-state index in [2.05, 4.69) is 41.1 Å². The number of nitrogens with one attached hydrogen (secondary N) is 1. The summed E-state index contributed by atoms with van der Waals surface area (Å²) < 4.78 is 5.59. The SMILES string of the molecule is CC(C)(C)c1cc(N(c2ccc3cn[nH]c3c2)c2ccccn2)no1. The number of fused-ring (bicyclic) bond motifs is 1. The van der Waals surface area contributed by atoms with Crippen molar-refractivity contribution in [2.75, 3.05) is 4.90 Å². The lowest BCUT2D eigenvalue weighted by atomic mass is 9.93. The van der Waals surface area contributed by atoms with Gasteiger partial charge in [0, 0.05) is 23.1 Å². The Hall–Kier alpha value is -3.15. The minimum Gasteiger partial charge on any atom is -0.359 e. The smallest absolute Gasteiger partial charge is 0.182 e. The van der Waals surface area contributed by atoms with Crippen molar-refractivity contribution in [2.24, 2.45) is 0 Å². The van der Waals surface area contributed by atoms with Crippen LogP contribution in [0, 0.1) is 0 Å². The van der Waals surface area contributed by atoms with Gasteiger partial charge in [-0.1, -0.05) is 32.0 Å².